The van der Waals surface area contributed by atoms with Gasteiger partial charge in [0.25, 0.3) is 5.91 Å². The molecule has 0 saturated heterocycles. The van der Waals surface area contributed by atoms with Gasteiger partial charge in [0.05, 0.1) is 18.4 Å². The lowest BCUT2D eigenvalue weighted by Crippen LogP contribution is -2.42. The Morgan fingerprint density at radius 2 is 2.35 bits per heavy atom. The van der Waals surface area contributed by atoms with Crippen LogP contribution in [0.5, 0.6) is 0 Å². The standard InChI is InChI=1S/C10H14BrN3O3/c1-6(2)14(5-8(12)13-16)10(15)7-3-4-17-9(7)11/h3-4,6,16H,5H2,1-2H3,(H2,12,13). The fourth-order valence-corrected chi connectivity index (χ4v) is 1.71. The van der Waals surface area contributed by atoms with Crippen LogP contribution in [-0.2, 0) is 0 Å². The first-order chi connectivity index (χ1) is 7.97. The van der Waals surface area contributed by atoms with Gasteiger partial charge in [0.15, 0.2) is 10.5 Å². The lowest BCUT2D eigenvalue weighted by molar-refractivity contribution is 0.0732. The molecule has 0 aliphatic carbocycles. The van der Waals surface area contributed by atoms with E-state index in [2.05, 4.69) is 21.1 Å². The van der Waals surface area contributed by atoms with Crippen LogP contribution in [0.4, 0.5) is 0 Å². The first-order valence-electron chi connectivity index (χ1n) is 4.97. The van der Waals surface area contributed by atoms with E-state index in [9.17, 15) is 4.79 Å². The third-order valence-corrected chi connectivity index (χ3v) is 2.81. The van der Waals surface area contributed by atoms with Crippen molar-refractivity contribution in [2.75, 3.05) is 6.54 Å². The number of carbonyl (C=O) groups excluding carboxylic acids is 1. The van der Waals surface area contributed by atoms with Gasteiger partial charge in [-0.15, -0.1) is 0 Å². The lowest BCUT2D eigenvalue weighted by atomic mass is 10.2. The van der Waals surface area contributed by atoms with Gasteiger partial charge in [0, 0.05) is 6.04 Å². The predicted octanol–water partition coefficient (Wildman–Crippen LogP) is 1.64. The number of furan rings is 1. The molecule has 7 heteroatoms. The van der Waals surface area contributed by atoms with Gasteiger partial charge < -0.3 is 20.3 Å². The number of hydrogen-bond acceptors (Lipinski definition) is 4. The molecule has 0 unspecified atom stereocenters. The molecule has 0 fully saturated rings. The summed E-state index contributed by atoms with van der Waals surface area (Å²) in [6.07, 6.45) is 1.42. The Hall–Kier alpha value is -1.50. The van der Waals surface area contributed by atoms with E-state index in [-0.39, 0.29) is 24.3 Å². The molecule has 0 aliphatic rings. The Morgan fingerprint density at radius 3 is 2.76 bits per heavy atom. The van der Waals surface area contributed by atoms with Crippen LogP contribution in [0.1, 0.15) is 24.2 Å². The highest BCUT2D eigenvalue weighted by atomic mass is 79.9. The Bertz CT molecular complexity index is 428. The van der Waals surface area contributed by atoms with Crippen LogP contribution in [0.25, 0.3) is 0 Å². The van der Waals surface area contributed by atoms with Crippen LogP contribution < -0.4 is 5.73 Å². The molecule has 1 heterocycles. The van der Waals surface area contributed by atoms with Crippen LogP contribution in [0, 0.1) is 0 Å². The van der Waals surface area contributed by atoms with Gasteiger partial charge >= 0.3 is 0 Å². The van der Waals surface area contributed by atoms with E-state index in [4.69, 9.17) is 15.4 Å². The van der Waals surface area contributed by atoms with Crippen molar-refractivity contribution in [2.24, 2.45) is 10.9 Å². The Balaban J connectivity index is 2.93. The van der Waals surface area contributed by atoms with Crippen molar-refractivity contribution >= 4 is 27.7 Å². The second kappa shape index (κ2) is 5.72. The van der Waals surface area contributed by atoms with Crippen LogP contribution in [0.2, 0.25) is 0 Å². The van der Waals surface area contributed by atoms with E-state index in [1.54, 1.807) is 6.07 Å². The molecule has 94 valence electrons. The molecule has 0 saturated carbocycles. The minimum Gasteiger partial charge on any atom is -0.457 e. The number of hydrogen-bond donors (Lipinski definition) is 2. The normalized spacial score (nSPS) is 11.9. The number of amidine groups is 1. The van der Waals surface area contributed by atoms with Gasteiger partial charge in [-0.2, -0.15) is 0 Å². The molecule has 0 spiro atoms. The maximum atomic E-state index is 12.2. The van der Waals surface area contributed by atoms with E-state index in [1.807, 2.05) is 13.8 Å². The SMILES string of the molecule is CC(C)N(C/C(N)=N/O)C(=O)c1ccoc1Br. The highest BCUT2D eigenvalue weighted by molar-refractivity contribution is 9.10. The summed E-state index contributed by atoms with van der Waals surface area (Å²) in [6.45, 7) is 3.75. The summed E-state index contributed by atoms with van der Waals surface area (Å²) in [5, 5.41) is 11.4. The van der Waals surface area contributed by atoms with Crippen molar-refractivity contribution in [3.63, 3.8) is 0 Å². The van der Waals surface area contributed by atoms with Crippen LogP contribution in [0.3, 0.4) is 0 Å². The second-order valence-corrected chi connectivity index (χ2v) is 4.45. The number of nitrogens with two attached hydrogens (primary N) is 1. The van der Waals surface area contributed by atoms with E-state index in [0.717, 1.165) is 0 Å². The summed E-state index contributed by atoms with van der Waals surface area (Å²) in [5.74, 6) is -0.265. The molecule has 0 bridgehead atoms. The minimum absolute atomic E-state index is 0.0216. The monoisotopic (exact) mass is 303 g/mol. The van der Waals surface area contributed by atoms with Crippen LogP contribution in [-0.4, -0.2) is 34.4 Å². The third-order valence-electron chi connectivity index (χ3n) is 2.19. The Kier molecular flexibility index (Phi) is 4.56. The molecule has 3 N–H and O–H groups in total. The third kappa shape index (κ3) is 3.23. The van der Waals surface area contributed by atoms with Crippen molar-refractivity contribution in [3.8, 4) is 0 Å². The summed E-state index contributed by atoms with van der Waals surface area (Å²) < 4.78 is 5.37. The Morgan fingerprint density at radius 1 is 1.71 bits per heavy atom. The highest BCUT2D eigenvalue weighted by Crippen LogP contribution is 2.20. The zero-order valence-corrected chi connectivity index (χ0v) is 11.1. The molecule has 1 amide bonds. The maximum Gasteiger partial charge on any atom is 0.258 e. The molecule has 1 aromatic rings. The van der Waals surface area contributed by atoms with Crippen molar-refractivity contribution < 1.29 is 14.4 Å². The number of amides is 1. The largest absolute Gasteiger partial charge is 0.457 e. The first-order valence-corrected chi connectivity index (χ1v) is 5.77. The molecule has 0 radical (unpaired) electrons. The van der Waals surface area contributed by atoms with Gasteiger partial charge in [-0.1, -0.05) is 5.16 Å². The molecule has 0 aromatic carbocycles. The van der Waals surface area contributed by atoms with Crippen molar-refractivity contribution in [2.45, 2.75) is 19.9 Å². The summed E-state index contributed by atoms with van der Waals surface area (Å²) >= 11 is 3.14. The van der Waals surface area contributed by atoms with E-state index in [0.29, 0.717) is 10.2 Å². The summed E-state index contributed by atoms with van der Waals surface area (Å²) in [4.78, 5) is 13.6. The van der Waals surface area contributed by atoms with Gasteiger partial charge in [-0.3, -0.25) is 4.79 Å². The number of carbonyl (C=O) groups is 1. The van der Waals surface area contributed by atoms with Crippen molar-refractivity contribution in [1.29, 1.82) is 0 Å². The summed E-state index contributed by atoms with van der Waals surface area (Å²) in [6, 6.07) is 1.48. The number of nitrogens with zero attached hydrogens (tertiary/aromatic N) is 2. The fraction of sp³-hybridized carbons (Fsp3) is 0.400. The van der Waals surface area contributed by atoms with E-state index >= 15 is 0 Å². The van der Waals surface area contributed by atoms with E-state index < -0.39 is 0 Å². The molecular weight excluding hydrogens is 290 g/mol. The number of oxime groups is 1. The van der Waals surface area contributed by atoms with Crippen LogP contribution >= 0.6 is 15.9 Å². The Labute approximate surface area is 107 Å². The molecule has 17 heavy (non-hydrogen) atoms. The quantitative estimate of drug-likeness (QED) is 0.383. The van der Waals surface area contributed by atoms with Gasteiger partial charge in [-0.25, -0.2) is 0 Å². The van der Waals surface area contributed by atoms with E-state index in [1.165, 1.54) is 11.2 Å². The van der Waals surface area contributed by atoms with Crippen LogP contribution in [0.15, 0.2) is 26.6 Å². The smallest absolute Gasteiger partial charge is 0.258 e. The zero-order valence-electron chi connectivity index (χ0n) is 9.55. The molecule has 0 atom stereocenters. The predicted molar refractivity (Wildman–Crippen MR) is 66.0 cm³/mol. The van der Waals surface area contributed by atoms with Crippen molar-refractivity contribution in [1.82, 2.24) is 4.90 Å². The lowest BCUT2D eigenvalue weighted by Gasteiger charge is -2.25. The first kappa shape index (κ1) is 13.6. The summed E-state index contributed by atoms with van der Waals surface area (Å²) in [5.41, 5.74) is 5.82. The molecule has 1 rings (SSSR count). The average molecular weight is 304 g/mol. The summed E-state index contributed by atoms with van der Waals surface area (Å²) in [7, 11) is 0. The molecule has 0 aliphatic heterocycles. The van der Waals surface area contributed by atoms with Gasteiger partial charge in [-0.05, 0) is 35.8 Å². The topological polar surface area (TPSA) is 92.1 Å². The highest BCUT2D eigenvalue weighted by Gasteiger charge is 2.23. The molecule has 1 aromatic heterocycles. The van der Waals surface area contributed by atoms with Crippen molar-refractivity contribution in [3.05, 3.63) is 22.6 Å². The second-order valence-electron chi connectivity index (χ2n) is 3.73. The fourth-order valence-electron chi connectivity index (χ4n) is 1.30. The van der Waals surface area contributed by atoms with Gasteiger partial charge in [0.1, 0.15) is 0 Å². The minimum atomic E-state index is -0.243. The zero-order chi connectivity index (χ0) is 13.0. The molecule has 6 nitrogen and oxygen atoms in total. The average Bonchev–Trinajstić information content (AvgIpc) is 2.70. The number of rotatable bonds is 4. The van der Waals surface area contributed by atoms with Gasteiger partial charge in [0.2, 0.25) is 0 Å². The number of halogens is 1. The maximum absolute atomic E-state index is 12.2. The molecular formula is C10H14BrN3O3.